The van der Waals surface area contributed by atoms with E-state index in [2.05, 4.69) is 11.4 Å². The first kappa shape index (κ1) is 23.7. The number of carbonyl (C=O) groups is 1. The highest BCUT2D eigenvalue weighted by Gasteiger charge is 2.32. The van der Waals surface area contributed by atoms with Gasteiger partial charge in [0.2, 0.25) is 15.9 Å². The minimum Gasteiger partial charge on any atom is -0.501 e. The maximum absolute atomic E-state index is 11.7. The molecule has 0 saturated carbocycles. The zero-order chi connectivity index (χ0) is 24.3. The number of allylic oxidation sites excluding steroid dienone is 3. The van der Waals surface area contributed by atoms with E-state index in [1.54, 1.807) is 19.2 Å². The molecule has 9 heteroatoms. The molecule has 2 aromatic rings. The summed E-state index contributed by atoms with van der Waals surface area (Å²) in [7, 11) is -2.10. The van der Waals surface area contributed by atoms with Crippen molar-refractivity contribution in [2.75, 3.05) is 17.4 Å². The molecule has 178 valence electrons. The minimum absolute atomic E-state index is 0.00976. The average molecular weight is 481 g/mol. The Hall–Kier alpha value is -3.43. The van der Waals surface area contributed by atoms with Crippen molar-refractivity contribution in [1.29, 1.82) is 0 Å². The summed E-state index contributed by atoms with van der Waals surface area (Å²) in [5.74, 6) is 0.907. The van der Waals surface area contributed by atoms with Gasteiger partial charge in [0.1, 0.15) is 0 Å². The van der Waals surface area contributed by atoms with Crippen LogP contribution in [-0.2, 0) is 19.6 Å². The van der Waals surface area contributed by atoms with E-state index in [1.807, 2.05) is 42.3 Å². The highest BCUT2D eigenvalue weighted by atomic mass is 32.2. The van der Waals surface area contributed by atoms with Gasteiger partial charge in [0, 0.05) is 24.9 Å². The lowest BCUT2D eigenvalue weighted by Crippen LogP contribution is -2.29. The third kappa shape index (κ3) is 5.21. The molecule has 1 unspecified atom stereocenters. The smallest absolute Gasteiger partial charge is 0.238 e. The predicted molar refractivity (Wildman–Crippen MR) is 133 cm³/mol. The van der Waals surface area contributed by atoms with E-state index in [4.69, 9.17) is 15.0 Å². The quantitative estimate of drug-likeness (QED) is 0.624. The Balaban J connectivity index is 1.65. The number of anilines is 2. The number of methoxy groups -OCH3 is 1. The molecule has 0 radical (unpaired) electrons. The fraction of sp³-hybridized carbons (Fsp3) is 0.280. The molecule has 0 fully saturated rings. The molecule has 1 aliphatic carbocycles. The molecule has 0 spiro atoms. The predicted octanol–water partition coefficient (Wildman–Crippen LogP) is 3.92. The van der Waals surface area contributed by atoms with Gasteiger partial charge in [-0.1, -0.05) is 25.1 Å². The summed E-state index contributed by atoms with van der Waals surface area (Å²) < 4.78 is 28.7. The number of rotatable bonds is 7. The first-order chi connectivity index (χ1) is 16.3. The summed E-state index contributed by atoms with van der Waals surface area (Å²) in [6.07, 6.45) is 6.85. The number of sulfonamides is 1. The van der Waals surface area contributed by atoms with Crippen molar-refractivity contribution in [3.8, 4) is 0 Å². The van der Waals surface area contributed by atoms with E-state index in [-0.39, 0.29) is 16.8 Å². The highest BCUT2D eigenvalue weighted by Crippen LogP contribution is 2.35. The first-order valence-corrected chi connectivity index (χ1v) is 12.7. The topological polar surface area (TPSA) is 114 Å². The lowest BCUT2D eigenvalue weighted by atomic mass is 9.92. The van der Waals surface area contributed by atoms with Gasteiger partial charge in [-0.3, -0.25) is 9.80 Å². The number of hydrazone groups is 1. The van der Waals surface area contributed by atoms with Crippen molar-refractivity contribution in [2.24, 2.45) is 10.2 Å². The van der Waals surface area contributed by atoms with Crippen molar-refractivity contribution in [2.45, 2.75) is 43.5 Å². The van der Waals surface area contributed by atoms with Crippen LogP contribution in [0, 0.1) is 0 Å². The Kier molecular flexibility index (Phi) is 6.85. The summed E-state index contributed by atoms with van der Waals surface area (Å²) in [5, 5.41) is 15.0. The van der Waals surface area contributed by atoms with Crippen molar-refractivity contribution in [3.05, 3.63) is 77.6 Å². The number of ether oxygens (including phenoxy) is 1. The Labute approximate surface area is 199 Å². The largest absolute Gasteiger partial charge is 0.501 e. The number of nitrogens with two attached hydrogens (primary N) is 1. The number of amides is 1. The van der Waals surface area contributed by atoms with E-state index < -0.39 is 10.0 Å². The molecule has 4 rings (SSSR count). The molecule has 2 aliphatic rings. The fourth-order valence-electron chi connectivity index (χ4n) is 4.08. The van der Waals surface area contributed by atoms with Gasteiger partial charge in [-0.15, -0.1) is 0 Å². The minimum atomic E-state index is -3.77. The Morgan fingerprint density at radius 2 is 1.82 bits per heavy atom. The summed E-state index contributed by atoms with van der Waals surface area (Å²) in [4.78, 5) is 11.7. The van der Waals surface area contributed by atoms with Gasteiger partial charge in [-0.25, -0.2) is 13.6 Å². The van der Waals surface area contributed by atoms with Gasteiger partial charge in [0.05, 0.1) is 35.2 Å². The Bertz CT molecular complexity index is 1260. The van der Waals surface area contributed by atoms with Crippen molar-refractivity contribution >= 4 is 33.0 Å². The summed E-state index contributed by atoms with van der Waals surface area (Å²) >= 11 is 0. The summed E-state index contributed by atoms with van der Waals surface area (Å²) in [6, 6.07) is 14.1. The molecule has 3 N–H and O–H groups in total. The second-order valence-corrected chi connectivity index (χ2v) is 9.77. The zero-order valence-corrected chi connectivity index (χ0v) is 20.0. The maximum Gasteiger partial charge on any atom is 0.238 e. The van der Waals surface area contributed by atoms with Gasteiger partial charge in [0.25, 0.3) is 0 Å². The third-order valence-electron chi connectivity index (χ3n) is 6.00. The van der Waals surface area contributed by atoms with Gasteiger partial charge < -0.3 is 10.1 Å². The number of nitrogens with one attached hydrogen (secondary N) is 1. The van der Waals surface area contributed by atoms with E-state index in [1.165, 1.54) is 17.7 Å². The molecular formula is C25H28N4O4S. The average Bonchev–Trinajstić information content (AvgIpc) is 3.29. The molecule has 1 atom stereocenters. The molecule has 34 heavy (non-hydrogen) atoms. The van der Waals surface area contributed by atoms with E-state index >= 15 is 0 Å². The molecule has 1 aliphatic heterocycles. The second-order valence-electron chi connectivity index (χ2n) is 8.21. The van der Waals surface area contributed by atoms with Gasteiger partial charge in [-0.05, 0) is 60.0 Å². The monoisotopic (exact) mass is 480 g/mol. The lowest BCUT2D eigenvalue weighted by Gasteiger charge is -2.27. The van der Waals surface area contributed by atoms with Crippen LogP contribution in [0.15, 0.2) is 82.0 Å². The third-order valence-corrected chi connectivity index (χ3v) is 6.93. The van der Waals surface area contributed by atoms with Crippen LogP contribution < -0.4 is 15.5 Å². The molecule has 0 bridgehead atoms. The second kappa shape index (κ2) is 9.82. The molecule has 2 aromatic carbocycles. The van der Waals surface area contributed by atoms with Gasteiger partial charge in [0.15, 0.2) is 0 Å². The van der Waals surface area contributed by atoms with Crippen LogP contribution in [0.1, 0.15) is 38.2 Å². The van der Waals surface area contributed by atoms with Gasteiger partial charge in [-0.2, -0.15) is 5.10 Å². The number of nitrogens with zero attached hydrogens (tertiary/aromatic N) is 2. The van der Waals surface area contributed by atoms with Crippen molar-refractivity contribution in [1.82, 2.24) is 0 Å². The van der Waals surface area contributed by atoms with E-state index in [9.17, 15) is 13.2 Å². The molecule has 1 amide bonds. The number of benzene rings is 2. The van der Waals surface area contributed by atoms with Crippen LogP contribution in [0.4, 0.5) is 11.4 Å². The number of primary sulfonamides is 1. The van der Waals surface area contributed by atoms with Gasteiger partial charge >= 0.3 is 0 Å². The van der Waals surface area contributed by atoms with Crippen LogP contribution in [0.25, 0.3) is 0 Å². The van der Waals surface area contributed by atoms with Crippen LogP contribution in [0.2, 0.25) is 0 Å². The number of carbonyl (C=O) groups excluding carboxylic acids is 1. The summed E-state index contributed by atoms with van der Waals surface area (Å²) in [5.41, 5.74) is 4.63. The molecule has 0 saturated heterocycles. The number of hydrogen-bond acceptors (Lipinski definition) is 6. The van der Waals surface area contributed by atoms with Crippen molar-refractivity contribution in [3.63, 3.8) is 0 Å². The normalized spacial score (nSPS) is 18.1. The molecular weight excluding hydrogens is 452 g/mol. The summed E-state index contributed by atoms with van der Waals surface area (Å²) in [6.45, 7) is 1.81. The zero-order valence-electron chi connectivity index (χ0n) is 19.2. The van der Waals surface area contributed by atoms with E-state index in [0.717, 1.165) is 41.3 Å². The highest BCUT2D eigenvalue weighted by molar-refractivity contribution is 7.89. The van der Waals surface area contributed by atoms with Crippen LogP contribution >= 0.6 is 0 Å². The molecule has 0 aromatic heterocycles. The standard InChI is InChI=1S/C25H28N4O4S/c1-3-25(30)27-19-8-4-17(5-9-19)23-16-24(18-6-12-21(33-2)13-7-18)29(28-23)20-10-14-22(15-11-20)34(26,31)32/h4-6,8-12,14-15,24H,3,7,13,16H2,1-2H3,(H,27,30)(H2,26,31,32). The van der Waals surface area contributed by atoms with E-state index in [0.29, 0.717) is 12.8 Å². The van der Waals surface area contributed by atoms with Crippen LogP contribution in [0.5, 0.6) is 0 Å². The Morgan fingerprint density at radius 3 is 2.38 bits per heavy atom. The maximum atomic E-state index is 11.7. The van der Waals surface area contributed by atoms with Crippen LogP contribution in [-0.4, -0.2) is 33.2 Å². The fourth-order valence-corrected chi connectivity index (χ4v) is 4.59. The first-order valence-electron chi connectivity index (χ1n) is 11.1. The van der Waals surface area contributed by atoms with Crippen LogP contribution in [0.3, 0.4) is 0 Å². The SMILES string of the molecule is CCC(=O)Nc1ccc(C2=NN(c3ccc(S(N)(=O)=O)cc3)C(C3=CC=C(OC)CC3)C2)cc1. The molecule has 1 heterocycles. The lowest BCUT2D eigenvalue weighted by molar-refractivity contribution is -0.115. The number of hydrogen-bond donors (Lipinski definition) is 2. The molecule has 8 nitrogen and oxygen atoms in total. The van der Waals surface area contributed by atoms with Crippen molar-refractivity contribution < 1.29 is 17.9 Å². The Morgan fingerprint density at radius 1 is 1.12 bits per heavy atom.